The van der Waals surface area contributed by atoms with E-state index in [1.807, 2.05) is 42.5 Å². The number of anilines is 1. The Balaban J connectivity index is 1.65. The van der Waals surface area contributed by atoms with Gasteiger partial charge in [0.1, 0.15) is 5.92 Å². The second-order valence-corrected chi connectivity index (χ2v) is 6.18. The molecule has 118 valence electrons. The Morgan fingerprint density at radius 2 is 2.04 bits per heavy atom. The van der Waals surface area contributed by atoms with Crippen LogP contribution in [0, 0.1) is 5.92 Å². The van der Waals surface area contributed by atoms with Gasteiger partial charge in [0.25, 0.3) is 0 Å². The molecule has 1 N–H and O–H groups in total. The van der Waals surface area contributed by atoms with Crippen LogP contribution in [-0.4, -0.2) is 23.3 Å². The number of benzene rings is 1. The Bertz CT molecular complexity index is 721. The molecule has 0 aliphatic carbocycles. The summed E-state index contributed by atoms with van der Waals surface area (Å²) >= 11 is 3.45. The van der Waals surface area contributed by atoms with E-state index in [1.54, 1.807) is 11.1 Å². The first-order valence-corrected chi connectivity index (χ1v) is 8.19. The molecule has 5 nitrogen and oxygen atoms in total. The zero-order valence-electron chi connectivity index (χ0n) is 12.4. The standard InChI is InChI=1S/C17H16BrN3O2/c18-14-6-1-2-7-15(14)21-10-8-13(17(21)23)16(22)20-11-12-5-3-4-9-19-12/h1-7,9,13H,8,10-11H2,(H,20,22)/t13-/m1/s1. The molecule has 1 aromatic heterocycles. The van der Waals surface area contributed by atoms with Crippen LogP contribution >= 0.6 is 15.9 Å². The number of nitrogens with one attached hydrogen (secondary N) is 1. The van der Waals surface area contributed by atoms with Gasteiger partial charge in [0.05, 0.1) is 17.9 Å². The monoisotopic (exact) mass is 373 g/mol. The average Bonchev–Trinajstić information content (AvgIpc) is 2.95. The van der Waals surface area contributed by atoms with E-state index in [2.05, 4.69) is 26.2 Å². The maximum atomic E-state index is 12.5. The van der Waals surface area contributed by atoms with Crippen LogP contribution in [0.25, 0.3) is 0 Å². The molecule has 1 aliphatic heterocycles. The molecule has 2 amide bonds. The van der Waals surface area contributed by atoms with Crippen LogP contribution in [0.2, 0.25) is 0 Å². The molecular weight excluding hydrogens is 358 g/mol. The maximum absolute atomic E-state index is 12.5. The van der Waals surface area contributed by atoms with Crippen molar-refractivity contribution in [3.05, 3.63) is 58.8 Å². The van der Waals surface area contributed by atoms with Crippen molar-refractivity contribution in [3.8, 4) is 0 Å². The average molecular weight is 374 g/mol. The van der Waals surface area contributed by atoms with Crippen molar-refractivity contribution >= 4 is 33.4 Å². The maximum Gasteiger partial charge on any atom is 0.239 e. The number of rotatable bonds is 4. The Morgan fingerprint density at radius 1 is 1.26 bits per heavy atom. The van der Waals surface area contributed by atoms with Gasteiger partial charge in [-0.05, 0) is 46.6 Å². The van der Waals surface area contributed by atoms with Gasteiger partial charge in [-0.25, -0.2) is 0 Å². The molecule has 0 bridgehead atoms. The van der Waals surface area contributed by atoms with Crippen LogP contribution < -0.4 is 10.2 Å². The van der Waals surface area contributed by atoms with Gasteiger partial charge in [-0.15, -0.1) is 0 Å². The lowest BCUT2D eigenvalue weighted by atomic mass is 10.1. The number of aromatic nitrogens is 1. The largest absolute Gasteiger partial charge is 0.350 e. The third-order valence-corrected chi connectivity index (χ3v) is 4.51. The SMILES string of the molecule is O=C(NCc1ccccn1)[C@H]1CCN(c2ccccc2Br)C1=O. The summed E-state index contributed by atoms with van der Waals surface area (Å²) in [5.41, 5.74) is 1.58. The van der Waals surface area contributed by atoms with Gasteiger partial charge in [0, 0.05) is 17.2 Å². The van der Waals surface area contributed by atoms with Crippen molar-refractivity contribution in [2.45, 2.75) is 13.0 Å². The number of amides is 2. The highest BCUT2D eigenvalue weighted by Crippen LogP contribution is 2.31. The highest BCUT2D eigenvalue weighted by atomic mass is 79.9. The molecule has 3 rings (SSSR count). The number of hydrogen-bond acceptors (Lipinski definition) is 3. The first-order valence-electron chi connectivity index (χ1n) is 7.40. The molecule has 1 saturated heterocycles. The van der Waals surface area contributed by atoms with Crippen molar-refractivity contribution in [1.29, 1.82) is 0 Å². The summed E-state index contributed by atoms with van der Waals surface area (Å²) in [4.78, 5) is 30.6. The van der Waals surface area contributed by atoms with Crippen molar-refractivity contribution in [3.63, 3.8) is 0 Å². The lowest BCUT2D eigenvalue weighted by Gasteiger charge is -2.18. The van der Waals surface area contributed by atoms with Crippen LogP contribution in [-0.2, 0) is 16.1 Å². The van der Waals surface area contributed by atoms with Crippen molar-refractivity contribution in [2.75, 3.05) is 11.4 Å². The minimum absolute atomic E-state index is 0.157. The molecule has 2 heterocycles. The lowest BCUT2D eigenvalue weighted by Crippen LogP contribution is -2.36. The topological polar surface area (TPSA) is 62.3 Å². The van der Waals surface area contributed by atoms with E-state index >= 15 is 0 Å². The Hall–Kier alpha value is -2.21. The van der Waals surface area contributed by atoms with E-state index in [9.17, 15) is 9.59 Å². The van der Waals surface area contributed by atoms with Crippen molar-refractivity contribution < 1.29 is 9.59 Å². The van der Waals surface area contributed by atoms with Crippen LogP contribution in [0.4, 0.5) is 5.69 Å². The number of pyridine rings is 1. The third kappa shape index (κ3) is 3.42. The fraction of sp³-hybridized carbons (Fsp3) is 0.235. The van der Waals surface area contributed by atoms with Crippen LogP contribution in [0.15, 0.2) is 53.1 Å². The second kappa shape index (κ2) is 6.91. The lowest BCUT2D eigenvalue weighted by molar-refractivity contribution is -0.132. The summed E-state index contributed by atoms with van der Waals surface area (Å²) in [5, 5.41) is 2.80. The van der Waals surface area contributed by atoms with Crippen LogP contribution in [0.5, 0.6) is 0 Å². The summed E-state index contributed by atoms with van der Waals surface area (Å²) in [7, 11) is 0. The fourth-order valence-corrected chi connectivity index (χ4v) is 3.14. The zero-order chi connectivity index (χ0) is 16.2. The Labute approximate surface area is 142 Å². The predicted molar refractivity (Wildman–Crippen MR) is 90.7 cm³/mol. The van der Waals surface area contributed by atoms with E-state index in [1.165, 1.54) is 0 Å². The normalized spacial score (nSPS) is 17.3. The number of nitrogens with zero attached hydrogens (tertiary/aromatic N) is 2. The summed E-state index contributed by atoms with van der Waals surface area (Å²) in [5.74, 6) is -1.03. The number of carbonyl (C=O) groups is 2. The molecule has 0 unspecified atom stereocenters. The zero-order valence-corrected chi connectivity index (χ0v) is 14.0. The molecule has 0 radical (unpaired) electrons. The second-order valence-electron chi connectivity index (χ2n) is 5.32. The van der Waals surface area contributed by atoms with Crippen LogP contribution in [0.1, 0.15) is 12.1 Å². The first-order chi connectivity index (χ1) is 11.2. The van der Waals surface area contributed by atoms with Gasteiger partial charge < -0.3 is 10.2 Å². The number of para-hydroxylation sites is 1. The van der Waals surface area contributed by atoms with E-state index in [0.29, 0.717) is 19.5 Å². The van der Waals surface area contributed by atoms with E-state index in [4.69, 9.17) is 0 Å². The van der Waals surface area contributed by atoms with E-state index < -0.39 is 5.92 Å². The van der Waals surface area contributed by atoms with E-state index in [0.717, 1.165) is 15.9 Å². The van der Waals surface area contributed by atoms with Gasteiger partial charge in [0.15, 0.2) is 0 Å². The number of hydrogen-bond donors (Lipinski definition) is 1. The molecule has 2 aromatic rings. The third-order valence-electron chi connectivity index (χ3n) is 3.84. The number of carbonyl (C=O) groups excluding carboxylic acids is 2. The molecule has 1 aromatic carbocycles. The molecular formula is C17H16BrN3O2. The fourth-order valence-electron chi connectivity index (χ4n) is 2.64. The summed E-state index contributed by atoms with van der Waals surface area (Å²) in [6.45, 7) is 0.877. The molecule has 6 heteroatoms. The van der Waals surface area contributed by atoms with Crippen molar-refractivity contribution in [1.82, 2.24) is 10.3 Å². The Kier molecular flexibility index (Phi) is 4.71. The summed E-state index contributed by atoms with van der Waals surface area (Å²) in [6.07, 6.45) is 2.20. The summed E-state index contributed by atoms with van der Waals surface area (Å²) in [6, 6.07) is 13.1. The molecule has 0 saturated carbocycles. The molecule has 1 atom stereocenters. The van der Waals surface area contributed by atoms with Gasteiger partial charge in [-0.3, -0.25) is 14.6 Å². The molecule has 0 spiro atoms. The molecule has 1 aliphatic rings. The minimum atomic E-state index is -0.634. The predicted octanol–water partition coefficient (Wildman–Crippen LogP) is 2.51. The smallest absolute Gasteiger partial charge is 0.239 e. The summed E-state index contributed by atoms with van der Waals surface area (Å²) < 4.78 is 0.850. The quantitative estimate of drug-likeness (QED) is 0.837. The van der Waals surface area contributed by atoms with Gasteiger partial charge in [-0.1, -0.05) is 18.2 Å². The van der Waals surface area contributed by atoms with Crippen molar-refractivity contribution in [2.24, 2.45) is 5.92 Å². The Morgan fingerprint density at radius 3 is 2.78 bits per heavy atom. The molecule has 23 heavy (non-hydrogen) atoms. The number of halogens is 1. The molecule has 1 fully saturated rings. The first kappa shape index (κ1) is 15.7. The van der Waals surface area contributed by atoms with Gasteiger partial charge in [-0.2, -0.15) is 0 Å². The van der Waals surface area contributed by atoms with E-state index in [-0.39, 0.29) is 11.8 Å². The minimum Gasteiger partial charge on any atom is -0.350 e. The van der Waals surface area contributed by atoms with Gasteiger partial charge >= 0.3 is 0 Å². The van der Waals surface area contributed by atoms with Crippen LogP contribution in [0.3, 0.4) is 0 Å². The van der Waals surface area contributed by atoms with Gasteiger partial charge in [0.2, 0.25) is 11.8 Å². The highest BCUT2D eigenvalue weighted by Gasteiger charge is 2.37. The highest BCUT2D eigenvalue weighted by molar-refractivity contribution is 9.10.